The number of nitrogens with zero attached hydrogens (tertiary/aromatic N) is 4. The third kappa shape index (κ3) is 6.26. The Balaban J connectivity index is 1.39. The first-order valence-electron chi connectivity index (χ1n) is 13.7. The maximum absolute atomic E-state index is 13.9. The molecule has 2 aromatic carbocycles. The van der Waals surface area contributed by atoms with Gasteiger partial charge in [-0.25, -0.2) is 5.01 Å². The molecule has 3 heterocycles. The van der Waals surface area contributed by atoms with Gasteiger partial charge in [0.25, 0.3) is 11.8 Å². The predicted molar refractivity (Wildman–Crippen MR) is 152 cm³/mol. The molecule has 0 spiro atoms. The van der Waals surface area contributed by atoms with Crippen LogP contribution in [0.25, 0.3) is 0 Å². The Morgan fingerprint density at radius 2 is 1.82 bits per heavy atom. The minimum absolute atomic E-state index is 0.101. The number of hydrogen-bond donors (Lipinski definition) is 0. The molecule has 1 aromatic heterocycles. The molecule has 9 heteroatoms. The van der Waals surface area contributed by atoms with Crippen LogP contribution in [0.2, 0.25) is 0 Å². The average Bonchev–Trinajstić information content (AvgIpc) is 3.68. The fraction of sp³-hybridized carbons (Fsp3) is 0.387. The van der Waals surface area contributed by atoms with Gasteiger partial charge >= 0.3 is 0 Å². The number of hydrazone groups is 1. The van der Waals surface area contributed by atoms with Gasteiger partial charge in [-0.2, -0.15) is 5.10 Å². The summed E-state index contributed by atoms with van der Waals surface area (Å²) in [5.41, 5.74) is 4.66. The van der Waals surface area contributed by atoms with E-state index in [0.717, 1.165) is 24.4 Å². The van der Waals surface area contributed by atoms with Gasteiger partial charge in [0.2, 0.25) is 0 Å². The van der Waals surface area contributed by atoms with Crippen molar-refractivity contribution in [2.45, 2.75) is 26.3 Å². The van der Waals surface area contributed by atoms with Crippen LogP contribution in [0.5, 0.6) is 5.75 Å². The lowest BCUT2D eigenvalue weighted by Crippen LogP contribution is -2.46. The van der Waals surface area contributed by atoms with Gasteiger partial charge in [0.1, 0.15) is 24.1 Å². The number of morpholine rings is 1. The summed E-state index contributed by atoms with van der Waals surface area (Å²) in [4.78, 5) is 31.4. The zero-order valence-electron chi connectivity index (χ0n) is 23.3. The van der Waals surface area contributed by atoms with Gasteiger partial charge in [0.05, 0.1) is 32.3 Å². The number of furan rings is 1. The van der Waals surface area contributed by atoms with Crippen LogP contribution >= 0.6 is 0 Å². The first kappa shape index (κ1) is 27.6. The van der Waals surface area contributed by atoms with E-state index in [1.807, 2.05) is 18.2 Å². The van der Waals surface area contributed by atoms with Crippen molar-refractivity contribution in [3.63, 3.8) is 0 Å². The van der Waals surface area contributed by atoms with Crippen molar-refractivity contribution < 1.29 is 23.5 Å². The molecular formula is C31H36N4O5. The molecule has 2 amide bonds. The fourth-order valence-electron chi connectivity index (χ4n) is 5.03. The lowest BCUT2D eigenvalue weighted by molar-refractivity contribution is -0.134. The summed E-state index contributed by atoms with van der Waals surface area (Å²) in [5, 5.41) is 6.28. The lowest BCUT2D eigenvalue weighted by atomic mass is 9.99. The second kappa shape index (κ2) is 12.5. The summed E-state index contributed by atoms with van der Waals surface area (Å²) in [6.07, 6.45) is 2.13. The predicted octanol–water partition coefficient (Wildman–Crippen LogP) is 4.06. The molecule has 0 N–H and O–H groups in total. The van der Waals surface area contributed by atoms with E-state index in [-0.39, 0.29) is 24.4 Å². The van der Waals surface area contributed by atoms with E-state index in [4.69, 9.17) is 19.0 Å². The number of aryl methyl sites for hydroxylation is 2. The first-order chi connectivity index (χ1) is 19.4. The summed E-state index contributed by atoms with van der Waals surface area (Å²) in [6, 6.07) is 16.5. The first-order valence-corrected chi connectivity index (χ1v) is 13.7. The summed E-state index contributed by atoms with van der Waals surface area (Å²) in [5.74, 6) is 0.858. The molecule has 9 nitrogen and oxygen atoms in total. The molecule has 210 valence electrons. The largest absolute Gasteiger partial charge is 0.497 e. The quantitative estimate of drug-likeness (QED) is 0.404. The zero-order valence-corrected chi connectivity index (χ0v) is 23.3. The maximum atomic E-state index is 13.9. The molecule has 0 saturated carbocycles. The molecule has 0 unspecified atom stereocenters. The van der Waals surface area contributed by atoms with Crippen molar-refractivity contribution in [3.05, 3.63) is 88.9 Å². The fourth-order valence-corrected chi connectivity index (χ4v) is 5.03. The van der Waals surface area contributed by atoms with Crippen LogP contribution in [0.15, 0.2) is 70.4 Å². The van der Waals surface area contributed by atoms with Crippen molar-refractivity contribution in [1.29, 1.82) is 0 Å². The molecule has 0 aliphatic carbocycles. The number of rotatable bonds is 9. The Labute approximate surface area is 234 Å². The molecule has 1 saturated heterocycles. The Hall–Kier alpha value is -3.95. The highest BCUT2D eigenvalue weighted by Gasteiger charge is 2.36. The highest BCUT2D eigenvalue weighted by molar-refractivity contribution is 6.04. The number of methoxy groups -OCH3 is 1. The molecule has 1 atom stereocenters. The van der Waals surface area contributed by atoms with Gasteiger partial charge in [0.15, 0.2) is 0 Å². The standard InChI is InChI=1S/C31H36N4O5/c1-22-6-7-25(19-23(22)2)27-20-28(29-5-4-16-40-29)35(32-27)30(36)21-34(13-12-33-14-17-39-18-15-33)31(37)24-8-10-26(38-3)11-9-24/h4-11,16,19,28H,12-15,17-18,20-21H2,1-3H3/t28-/m1/s1. The van der Waals surface area contributed by atoms with E-state index in [0.29, 0.717) is 49.8 Å². The monoisotopic (exact) mass is 544 g/mol. The molecule has 1 fully saturated rings. The lowest BCUT2D eigenvalue weighted by Gasteiger charge is -2.31. The Kier molecular flexibility index (Phi) is 8.62. The molecule has 0 bridgehead atoms. The molecule has 2 aliphatic heterocycles. The minimum atomic E-state index is -0.378. The van der Waals surface area contributed by atoms with Crippen molar-refractivity contribution in [2.24, 2.45) is 5.10 Å². The normalized spacial score (nSPS) is 17.5. The van der Waals surface area contributed by atoms with Crippen molar-refractivity contribution in [3.8, 4) is 5.75 Å². The number of benzene rings is 2. The summed E-state index contributed by atoms with van der Waals surface area (Å²) in [7, 11) is 1.59. The highest BCUT2D eigenvalue weighted by atomic mass is 16.5. The van der Waals surface area contributed by atoms with E-state index >= 15 is 0 Å². The van der Waals surface area contributed by atoms with E-state index < -0.39 is 0 Å². The van der Waals surface area contributed by atoms with Crippen LogP contribution < -0.4 is 4.74 Å². The minimum Gasteiger partial charge on any atom is -0.497 e. The molecule has 40 heavy (non-hydrogen) atoms. The number of amides is 2. The molecule has 5 rings (SSSR count). The third-order valence-corrected chi connectivity index (χ3v) is 7.62. The van der Waals surface area contributed by atoms with Gasteiger partial charge < -0.3 is 18.8 Å². The van der Waals surface area contributed by atoms with Crippen LogP contribution in [0.4, 0.5) is 0 Å². The molecule has 0 radical (unpaired) electrons. The van der Waals surface area contributed by atoms with E-state index in [2.05, 4.69) is 30.9 Å². The van der Waals surface area contributed by atoms with Crippen LogP contribution in [-0.2, 0) is 9.53 Å². The summed E-state index contributed by atoms with van der Waals surface area (Å²) >= 11 is 0. The van der Waals surface area contributed by atoms with Crippen LogP contribution in [0, 0.1) is 13.8 Å². The second-order valence-electron chi connectivity index (χ2n) is 10.2. The van der Waals surface area contributed by atoms with Gasteiger partial charge in [-0.1, -0.05) is 12.1 Å². The van der Waals surface area contributed by atoms with E-state index in [1.54, 1.807) is 42.5 Å². The van der Waals surface area contributed by atoms with Crippen LogP contribution in [0.1, 0.15) is 45.3 Å². The summed E-state index contributed by atoms with van der Waals surface area (Å²) < 4.78 is 16.4. The van der Waals surface area contributed by atoms with Crippen molar-refractivity contribution in [1.82, 2.24) is 14.8 Å². The number of ether oxygens (including phenoxy) is 2. The average molecular weight is 545 g/mol. The van der Waals surface area contributed by atoms with Gasteiger partial charge in [-0.05, 0) is 73.0 Å². The molecule has 3 aromatic rings. The van der Waals surface area contributed by atoms with Crippen LogP contribution in [-0.4, -0.2) is 85.4 Å². The maximum Gasteiger partial charge on any atom is 0.262 e. The van der Waals surface area contributed by atoms with Crippen molar-refractivity contribution >= 4 is 17.5 Å². The number of carbonyl (C=O) groups excluding carboxylic acids is 2. The van der Waals surface area contributed by atoms with E-state index in [1.165, 1.54) is 16.1 Å². The Morgan fingerprint density at radius 3 is 2.50 bits per heavy atom. The third-order valence-electron chi connectivity index (χ3n) is 7.62. The highest BCUT2D eigenvalue weighted by Crippen LogP contribution is 2.33. The Morgan fingerprint density at radius 1 is 1.05 bits per heavy atom. The van der Waals surface area contributed by atoms with Gasteiger partial charge in [0, 0.05) is 38.2 Å². The smallest absolute Gasteiger partial charge is 0.262 e. The van der Waals surface area contributed by atoms with Gasteiger partial charge in [-0.15, -0.1) is 0 Å². The Bertz CT molecular complexity index is 1350. The van der Waals surface area contributed by atoms with Crippen molar-refractivity contribution in [2.75, 3.05) is 53.0 Å². The van der Waals surface area contributed by atoms with E-state index in [9.17, 15) is 9.59 Å². The van der Waals surface area contributed by atoms with Crippen LogP contribution in [0.3, 0.4) is 0 Å². The summed E-state index contributed by atoms with van der Waals surface area (Å²) in [6.45, 7) is 8.03. The topological polar surface area (TPSA) is 87.8 Å². The number of hydrogen-bond acceptors (Lipinski definition) is 7. The molecule has 2 aliphatic rings. The molecular weight excluding hydrogens is 508 g/mol. The zero-order chi connectivity index (χ0) is 28.1. The van der Waals surface area contributed by atoms with Gasteiger partial charge in [-0.3, -0.25) is 14.5 Å². The number of carbonyl (C=O) groups is 2. The second-order valence-corrected chi connectivity index (χ2v) is 10.2. The SMILES string of the molecule is COc1ccc(C(=O)N(CCN2CCOCC2)CC(=O)N2N=C(c3ccc(C)c(C)c3)C[C@@H]2c2ccco2)cc1.